The summed E-state index contributed by atoms with van der Waals surface area (Å²) in [7, 11) is -3.74. The summed E-state index contributed by atoms with van der Waals surface area (Å²) in [5.74, 6) is 0.318. The number of hydrogen-bond acceptors (Lipinski definition) is 3. The number of nitrogens with zero attached hydrogens (tertiary/aromatic N) is 1. The van der Waals surface area contributed by atoms with E-state index in [2.05, 4.69) is 16.5 Å². The molecule has 0 unspecified atom stereocenters. The maximum atomic E-state index is 13.2. The first kappa shape index (κ1) is 17.7. The monoisotopic (exact) mass is 362 g/mol. The highest BCUT2D eigenvalue weighted by molar-refractivity contribution is 7.92. The summed E-state index contributed by atoms with van der Waals surface area (Å²) in [5.41, 5.74) is 1.98. The number of nitrogens with one attached hydrogen (secondary N) is 1. The molecule has 1 fully saturated rings. The molecule has 1 aliphatic heterocycles. The van der Waals surface area contributed by atoms with Gasteiger partial charge in [-0.1, -0.05) is 6.92 Å². The third-order valence-electron chi connectivity index (χ3n) is 4.69. The van der Waals surface area contributed by atoms with Crippen LogP contribution in [0, 0.1) is 18.7 Å². The summed E-state index contributed by atoms with van der Waals surface area (Å²) in [6.45, 7) is 5.91. The zero-order valence-electron chi connectivity index (χ0n) is 14.5. The molecule has 2 aromatic rings. The van der Waals surface area contributed by atoms with Gasteiger partial charge in [-0.05, 0) is 73.7 Å². The normalized spacial score (nSPS) is 16.0. The molecule has 0 atom stereocenters. The smallest absolute Gasteiger partial charge is 0.262 e. The maximum Gasteiger partial charge on any atom is 0.262 e. The Morgan fingerprint density at radius 3 is 2.32 bits per heavy atom. The summed E-state index contributed by atoms with van der Waals surface area (Å²) in [4.78, 5) is 2.41. The highest BCUT2D eigenvalue weighted by Crippen LogP contribution is 2.26. The predicted octanol–water partition coefficient (Wildman–Crippen LogP) is 4.17. The van der Waals surface area contributed by atoms with E-state index in [0.29, 0.717) is 11.3 Å². The lowest BCUT2D eigenvalue weighted by atomic mass is 9.99. The van der Waals surface area contributed by atoms with Crippen molar-refractivity contribution in [2.24, 2.45) is 5.92 Å². The Kier molecular flexibility index (Phi) is 4.99. The quantitative estimate of drug-likeness (QED) is 0.888. The van der Waals surface area contributed by atoms with Crippen molar-refractivity contribution in [2.75, 3.05) is 22.7 Å². The van der Waals surface area contributed by atoms with Gasteiger partial charge in [-0.15, -0.1) is 0 Å². The van der Waals surface area contributed by atoms with Gasteiger partial charge in [0, 0.05) is 24.5 Å². The summed E-state index contributed by atoms with van der Waals surface area (Å²) >= 11 is 0. The summed E-state index contributed by atoms with van der Waals surface area (Å²) in [6.07, 6.45) is 2.36. The zero-order valence-corrected chi connectivity index (χ0v) is 15.3. The van der Waals surface area contributed by atoms with Gasteiger partial charge in [0.05, 0.1) is 4.90 Å². The molecule has 25 heavy (non-hydrogen) atoms. The van der Waals surface area contributed by atoms with Crippen LogP contribution in [0.15, 0.2) is 47.4 Å². The van der Waals surface area contributed by atoms with Gasteiger partial charge >= 0.3 is 0 Å². The molecule has 1 heterocycles. The van der Waals surface area contributed by atoms with Gasteiger partial charge in [0.15, 0.2) is 0 Å². The molecule has 0 amide bonds. The number of rotatable bonds is 4. The van der Waals surface area contributed by atoms with Crippen molar-refractivity contribution in [3.8, 4) is 0 Å². The lowest BCUT2D eigenvalue weighted by Gasteiger charge is -2.32. The fraction of sp³-hybridized carbons (Fsp3) is 0.368. The van der Waals surface area contributed by atoms with Crippen molar-refractivity contribution < 1.29 is 12.8 Å². The minimum Gasteiger partial charge on any atom is -0.372 e. The number of benzene rings is 2. The average Bonchev–Trinajstić information content (AvgIpc) is 2.55. The molecule has 1 N–H and O–H groups in total. The van der Waals surface area contributed by atoms with Crippen molar-refractivity contribution in [1.82, 2.24) is 0 Å². The zero-order chi connectivity index (χ0) is 18.0. The number of sulfonamides is 1. The Morgan fingerprint density at radius 1 is 1.08 bits per heavy atom. The fourth-order valence-electron chi connectivity index (χ4n) is 3.13. The van der Waals surface area contributed by atoms with Crippen LogP contribution in [0.4, 0.5) is 15.8 Å². The molecule has 0 aliphatic carbocycles. The minimum absolute atomic E-state index is 0.0861. The number of aryl methyl sites for hydroxylation is 1. The molecule has 1 aliphatic rings. The number of halogens is 1. The van der Waals surface area contributed by atoms with Crippen molar-refractivity contribution >= 4 is 21.4 Å². The molecule has 3 rings (SSSR count). The van der Waals surface area contributed by atoms with Crippen LogP contribution in [0.3, 0.4) is 0 Å². The average molecular weight is 362 g/mol. The van der Waals surface area contributed by atoms with E-state index in [1.807, 2.05) is 12.1 Å². The number of anilines is 2. The Labute approximate surface area is 148 Å². The Hall–Kier alpha value is -2.08. The lowest BCUT2D eigenvalue weighted by molar-refractivity contribution is 0.438. The van der Waals surface area contributed by atoms with Crippen molar-refractivity contribution in [1.29, 1.82) is 0 Å². The Balaban J connectivity index is 1.74. The van der Waals surface area contributed by atoms with E-state index < -0.39 is 15.8 Å². The van der Waals surface area contributed by atoms with Crippen LogP contribution >= 0.6 is 0 Å². The van der Waals surface area contributed by atoms with Crippen LogP contribution in [0.5, 0.6) is 0 Å². The largest absolute Gasteiger partial charge is 0.372 e. The van der Waals surface area contributed by atoms with Gasteiger partial charge in [0.1, 0.15) is 5.82 Å². The van der Waals surface area contributed by atoms with Crippen LogP contribution in [0.2, 0.25) is 0 Å². The van der Waals surface area contributed by atoms with Gasteiger partial charge in [0.2, 0.25) is 0 Å². The second-order valence-electron chi connectivity index (χ2n) is 6.73. The highest BCUT2D eigenvalue weighted by atomic mass is 32.2. The van der Waals surface area contributed by atoms with Gasteiger partial charge in [-0.25, -0.2) is 12.8 Å². The summed E-state index contributed by atoms with van der Waals surface area (Å²) in [5, 5.41) is 0. The molecule has 1 saturated heterocycles. The van der Waals surface area contributed by atoms with Crippen LogP contribution in [0.25, 0.3) is 0 Å². The minimum atomic E-state index is -3.74. The molecule has 2 aromatic carbocycles. The first-order valence-corrected chi connectivity index (χ1v) is 9.97. The molecular weight excluding hydrogens is 339 g/mol. The van der Waals surface area contributed by atoms with E-state index in [4.69, 9.17) is 0 Å². The van der Waals surface area contributed by atoms with E-state index in [1.54, 1.807) is 19.1 Å². The van der Waals surface area contributed by atoms with Crippen molar-refractivity contribution in [2.45, 2.75) is 31.6 Å². The standard InChI is InChI=1S/C19H23FN2O2S/c1-14-9-11-22(12-10-14)18-6-4-17(5-7-18)21-25(23,24)19-8-3-16(20)13-15(19)2/h3-8,13-14,21H,9-12H2,1-2H3. The summed E-state index contributed by atoms with van der Waals surface area (Å²) < 4.78 is 40.8. The summed E-state index contributed by atoms with van der Waals surface area (Å²) in [6, 6.07) is 11.1. The second kappa shape index (κ2) is 7.04. The van der Waals surface area contributed by atoms with Crippen molar-refractivity contribution in [3.05, 3.63) is 53.8 Å². The van der Waals surface area contributed by atoms with E-state index in [-0.39, 0.29) is 4.90 Å². The lowest BCUT2D eigenvalue weighted by Crippen LogP contribution is -2.32. The molecular formula is C19H23FN2O2S. The molecule has 0 bridgehead atoms. The molecule has 0 aromatic heterocycles. The Morgan fingerprint density at radius 2 is 1.72 bits per heavy atom. The second-order valence-corrected chi connectivity index (χ2v) is 8.38. The fourth-order valence-corrected chi connectivity index (χ4v) is 4.42. The van der Waals surface area contributed by atoms with E-state index >= 15 is 0 Å². The van der Waals surface area contributed by atoms with Crippen LogP contribution in [-0.4, -0.2) is 21.5 Å². The number of hydrogen-bond donors (Lipinski definition) is 1. The van der Waals surface area contributed by atoms with Crippen LogP contribution < -0.4 is 9.62 Å². The van der Waals surface area contributed by atoms with Gasteiger partial charge in [0.25, 0.3) is 10.0 Å². The highest BCUT2D eigenvalue weighted by Gasteiger charge is 2.18. The van der Waals surface area contributed by atoms with Crippen molar-refractivity contribution in [3.63, 3.8) is 0 Å². The van der Waals surface area contributed by atoms with E-state index in [0.717, 1.165) is 30.8 Å². The third kappa shape index (κ3) is 4.12. The van der Waals surface area contributed by atoms with Gasteiger partial charge in [-0.3, -0.25) is 4.72 Å². The molecule has 0 radical (unpaired) electrons. The Bertz CT molecular complexity index is 842. The molecule has 134 valence electrons. The van der Waals surface area contributed by atoms with Crippen LogP contribution in [-0.2, 0) is 10.0 Å². The molecule has 6 heteroatoms. The first-order valence-electron chi connectivity index (χ1n) is 8.49. The van der Waals surface area contributed by atoms with E-state index in [9.17, 15) is 12.8 Å². The maximum absolute atomic E-state index is 13.2. The topological polar surface area (TPSA) is 49.4 Å². The first-order chi connectivity index (χ1) is 11.8. The molecule has 0 spiro atoms. The van der Waals surface area contributed by atoms with E-state index in [1.165, 1.54) is 25.0 Å². The predicted molar refractivity (Wildman–Crippen MR) is 99.0 cm³/mol. The molecule has 0 saturated carbocycles. The molecule has 4 nitrogen and oxygen atoms in total. The third-order valence-corrected chi connectivity index (χ3v) is 6.24. The van der Waals surface area contributed by atoms with Crippen LogP contribution in [0.1, 0.15) is 25.3 Å². The van der Waals surface area contributed by atoms with Gasteiger partial charge in [-0.2, -0.15) is 0 Å². The number of piperidine rings is 1. The SMILES string of the molecule is Cc1cc(F)ccc1S(=O)(=O)Nc1ccc(N2CCC(C)CC2)cc1. The van der Waals surface area contributed by atoms with Gasteiger partial charge < -0.3 is 4.90 Å².